The topological polar surface area (TPSA) is 43.4 Å². The van der Waals surface area contributed by atoms with Gasteiger partial charge in [0.25, 0.3) is 0 Å². The molecule has 1 aliphatic heterocycles. The Morgan fingerprint density at radius 1 is 1.33 bits per heavy atom. The maximum atomic E-state index is 11.2. The summed E-state index contributed by atoms with van der Waals surface area (Å²) < 4.78 is 27.7. The molecular formula is C11H20O3S. The third kappa shape index (κ3) is 5.21. The zero-order valence-electron chi connectivity index (χ0n) is 9.53. The van der Waals surface area contributed by atoms with Crippen LogP contribution in [0.3, 0.4) is 0 Å². The number of hydrogen-bond acceptors (Lipinski definition) is 3. The fourth-order valence-electron chi connectivity index (χ4n) is 1.69. The van der Waals surface area contributed by atoms with Crippen molar-refractivity contribution in [3.63, 3.8) is 0 Å². The van der Waals surface area contributed by atoms with Crippen LogP contribution in [0.15, 0.2) is 11.8 Å². The predicted molar refractivity (Wildman–Crippen MR) is 61.4 cm³/mol. The lowest BCUT2D eigenvalue weighted by atomic mass is 10.00. The zero-order valence-corrected chi connectivity index (χ0v) is 10.3. The van der Waals surface area contributed by atoms with E-state index in [1.54, 1.807) is 6.26 Å². The first-order chi connectivity index (χ1) is 6.99. The van der Waals surface area contributed by atoms with Gasteiger partial charge in [-0.05, 0) is 44.6 Å². The highest BCUT2D eigenvalue weighted by Gasteiger charge is 2.23. The SMILES string of the molecule is CC(C)=COCCC1CCS(=O)(=O)CC1. The van der Waals surface area contributed by atoms with E-state index in [0.29, 0.717) is 24.0 Å². The third-order valence-electron chi connectivity index (χ3n) is 2.64. The first-order valence-corrected chi connectivity index (χ1v) is 7.27. The van der Waals surface area contributed by atoms with Gasteiger partial charge in [-0.15, -0.1) is 0 Å². The van der Waals surface area contributed by atoms with Crippen LogP contribution in [-0.4, -0.2) is 26.5 Å². The van der Waals surface area contributed by atoms with E-state index in [9.17, 15) is 8.42 Å². The molecule has 0 amide bonds. The van der Waals surface area contributed by atoms with Crippen molar-refractivity contribution in [2.75, 3.05) is 18.1 Å². The molecule has 0 aromatic carbocycles. The van der Waals surface area contributed by atoms with Crippen molar-refractivity contribution in [3.05, 3.63) is 11.8 Å². The molecule has 1 aliphatic rings. The Labute approximate surface area is 92.4 Å². The Morgan fingerprint density at radius 2 is 1.93 bits per heavy atom. The highest BCUT2D eigenvalue weighted by Crippen LogP contribution is 2.21. The van der Waals surface area contributed by atoms with Crippen LogP contribution in [0.5, 0.6) is 0 Å². The van der Waals surface area contributed by atoms with Crippen LogP contribution >= 0.6 is 0 Å². The number of hydrogen-bond donors (Lipinski definition) is 0. The molecule has 0 bridgehead atoms. The fourth-order valence-corrected chi connectivity index (χ4v) is 3.28. The molecule has 0 atom stereocenters. The van der Waals surface area contributed by atoms with Crippen molar-refractivity contribution in [1.82, 2.24) is 0 Å². The summed E-state index contributed by atoms with van der Waals surface area (Å²) in [4.78, 5) is 0. The quantitative estimate of drug-likeness (QED) is 0.551. The summed E-state index contributed by atoms with van der Waals surface area (Å²) in [6, 6.07) is 0. The van der Waals surface area contributed by atoms with E-state index >= 15 is 0 Å². The smallest absolute Gasteiger partial charge is 0.150 e. The van der Waals surface area contributed by atoms with Gasteiger partial charge in [-0.1, -0.05) is 0 Å². The number of ether oxygens (including phenoxy) is 1. The molecular weight excluding hydrogens is 212 g/mol. The monoisotopic (exact) mass is 232 g/mol. The second kappa shape index (κ2) is 5.54. The molecule has 0 aromatic rings. The van der Waals surface area contributed by atoms with Crippen molar-refractivity contribution < 1.29 is 13.2 Å². The average molecular weight is 232 g/mol. The van der Waals surface area contributed by atoms with Crippen molar-refractivity contribution >= 4 is 9.84 Å². The maximum absolute atomic E-state index is 11.2. The molecule has 1 heterocycles. The van der Waals surface area contributed by atoms with Gasteiger partial charge < -0.3 is 4.74 Å². The summed E-state index contributed by atoms with van der Waals surface area (Å²) >= 11 is 0. The van der Waals surface area contributed by atoms with Crippen molar-refractivity contribution in [2.24, 2.45) is 5.92 Å². The van der Waals surface area contributed by atoms with E-state index in [1.807, 2.05) is 13.8 Å². The lowest BCUT2D eigenvalue weighted by Gasteiger charge is -2.21. The lowest BCUT2D eigenvalue weighted by molar-refractivity contribution is 0.214. The molecule has 0 N–H and O–H groups in total. The van der Waals surface area contributed by atoms with Gasteiger partial charge in [0.05, 0.1) is 24.4 Å². The third-order valence-corrected chi connectivity index (χ3v) is 4.35. The van der Waals surface area contributed by atoms with Crippen LogP contribution < -0.4 is 0 Å². The molecule has 15 heavy (non-hydrogen) atoms. The second-order valence-electron chi connectivity index (χ2n) is 4.45. The van der Waals surface area contributed by atoms with Gasteiger partial charge in [0.2, 0.25) is 0 Å². The molecule has 1 fully saturated rings. The van der Waals surface area contributed by atoms with Gasteiger partial charge in [-0.25, -0.2) is 8.42 Å². The van der Waals surface area contributed by atoms with Crippen molar-refractivity contribution in [1.29, 1.82) is 0 Å². The fraction of sp³-hybridized carbons (Fsp3) is 0.818. The molecule has 0 spiro atoms. The van der Waals surface area contributed by atoms with Gasteiger partial charge in [0.15, 0.2) is 0 Å². The van der Waals surface area contributed by atoms with Crippen LogP contribution in [0.4, 0.5) is 0 Å². The highest BCUT2D eigenvalue weighted by molar-refractivity contribution is 7.91. The van der Waals surface area contributed by atoms with Gasteiger partial charge in [0.1, 0.15) is 9.84 Å². The normalized spacial score (nSPS) is 20.9. The van der Waals surface area contributed by atoms with Gasteiger partial charge in [0, 0.05) is 0 Å². The summed E-state index contributed by atoms with van der Waals surface area (Å²) in [6.45, 7) is 4.69. The molecule has 1 rings (SSSR count). The summed E-state index contributed by atoms with van der Waals surface area (Å²) in [7, 11) is -2.71. The van der Waals surface area contributed by atoms with E-state index in [-0.39, 0.29) is 0 Å². The van der Waals surface area contributed by atoms with Crippen LogP contribution in [0.2, 0.25) is 0 Å². The zero-order chi connectivity index (χ0) is 11.3. The Kier molecular flexibility index (Phi) is 4.64. The number of sulfone groups is 1. The minimum atomic E-state index is -2.71. The Morgan fingerprint density at radius 3 is 2.47 bits per heavy atom. The maximum Gasteiger partial charge on any atom is 0.150 e. The number of allylic oxidation sites excluding steroid dienone is 1. The average Bonchev–Trinajstić information content (AvgIpc) is 2.14. The van der Waals surface area contributed by atoms with Gasteiger partial charge in [-0.2, -0.15) is 0 Å². The summed E-state index contributed by atoms with van der Waals surface area (Å²) in [5.74, 6) is 1.25. The molecule has 4 heteroatoms. The van der Waals surface area contributed by atoms with E-state index in [4.69, 9.17) is 4.74 Å². The Hall–Kier alpha value is -0.510. The predicted octanol–water partition coefficient (Wildman–Crippen LogP) is 2.14. The molecule has 88 valence electrons. The molecule has 0 unspecified atom stereocenters. The van der Waals surface area contributed by atoms with Crippen molar-refractivity contribution in [2.45, 2.75) is 33.1 Å². The molecule has 0 saturated carbocycles. The molecule has 3 nitrogen and oxygen atoms in total. The van der Waals surface area contributed by atoms with Crippen LogP contribution in [0.1, 0.15) is 33.1 Å². The van der Waals surface area contributed by atoms with Crippen LogP contribution in [0.25, 0.3) is 0 Å². The van der Waals surface area contributed by atoms with Crippen LogP contribution in [-0.2, 0) is 14.6 Å². The van der Waals surface area contributed by atoms with E-state index in [2.05, 4.69) is 0 Å². The van der Waals surface area contributed by atoms with E-state index in [0.717, 1.165) is 24.8 Å². The summed E-state index contributed by atoms with van der Waals surface area (Å²) in [5.41, 5.74) is 1.15. The van der Waals surface area contributed by atoms with E-state index < -0.39 is 9.84 Å². The minimum absolute atomic E-state index is 0.361. The second-order valence-corrected chi connectivity index (χ2v) is 6.75. The summed E-state index contributed by atoms with van der Waals surface area (Å²) in [5, 5.41) is 0. The molecule has 1 saturated heterocycles. The largest absolute Gasteiger partial charge is 0.501 e. The first-order valence-electron chi connectivity index (χ1n) is 5.45. The molecule has 0 aromatic heterocycles. The summed E-state index contributed by atoms with van der Waals surface area (Å²) in [6.07, 6.45) is 4.35. The van der Waals surface area contributed by atoms with Gasteiger partial charge >= 0.3 is 0 Å². The number of rotatable bonds is 4. The standard InChI is InChI=1S/C11H20O3S/c1-10(2)9-14-6-3-11-4-7-15(12,13)8-5-11/h9,11H,3-8H2,1-2H3. The Balaban J connectivity index is 2.17. The van der Waals surface area contributed by atoms with E-state index in [1.165, 1.54) is 0 Å². The minimum Gasteiger partial charge on any atom is -0.501 e. The molecule has 0 radical (unpaired) electrons. The lowest BCUT2D eigenvalue weighted by Crippen LogP contribution is -2.23. The van der Waals surface area contributed by atoms with Crippen LogP contribution in [0, 0.1) is 5.92 Å². The van der Waals surface area contributed by atoms with Gasteiger partial charge in [-0.3, -0.25) is 0 Å². The Bertz CT molecular complexity index is 299. The van der Waals surface area contributed by atoms with Crippen molar-refractivity contribution in [3.8, 4) is 0 Å². The molecule has 0 aliphatic carbocycles. The highest BCUT2D eigenvalue weighted by atomic mass is 32.2. The first kappa shape index (κ1) is 12.6.